The van der Waals surface area contributed by atoms with Crippen LogP contribution in [0.5, 0.6) is 0 Å². The minimum atomic E-state index is -4.10. The number of aliphatic hydroxyl groups excluding tert-OH is 1. The van der Waals surface area contributed by atoms with E-state index < -0.39 is 15.4 Å². The fraction of sp³-hybridized carbons (Fsp3) is 1.00. The molecule has 0 heterocycles. The second kappa shape index (κ2) is 23.7. The van der Waals surface area contributed by atoms with Crippen molar-refractivity contribution >= 4 is 10.1 Å². The third-order valence-corrected chi connectivity index (χ3v) is 7.43. The van der Waals surface area contributed by atoms with Gasteiger partial charge in [0.2, 0.25) is 0 Å². The molecule has 4 nitrogen and oxygen atoms in total. The normalized spacial score (nSPS) is 13.7. The van der Waals surface area contributed by atoms with Crippen LogP contribution in [0.1, 0.15) is 142 Å². The van der Waals surface area contributed by atoms with Crippen molar-refractivity contribution in [3.63, 3.8) is 0 Å². The average molecular weight is 473 g/mol. The van der Waals surface area contributed by atoms with Gasteiger partial charge in [-0.15, -0.1) is 0 Å². The molecule has 0 aliphatic carbocycles. The van der Waals surface area contributed by atoms with Gasteiger partial charge in [0.05, 0.1) is 16.2 Å². The summed E-state index contributed by atoms with van der Waals surface area (Å²) in [5, 5.41) is 9.01. The standard InChI is InChI=1S/C24H50O4S.K/c1-3-20-23(25)21-18-16-14-12-10-8-6-5-7-9-11-13-15-17-19-22-24(4-2)29(26,27)28;/h23-25H,3-22H2,1-2H3,(H,26,27,28);/q;+1/p-1. The van der Waals surface area contributed by atoms with Crippen molar-refractivity contribution in [2.75, 3.05) is 0 Å². The van der Waals surface area contributed by atoms with E-state index in [1.807, 2.05) is 0 Å². The van der Waals surface area contributed by atoms with Crippen LogP contribution in [-0.2, 0) is 10.1 Å². The van der Waals surface area contributed by atoms with Crippen molar-refractivity contribution in [2.45, 2.75) is 154 Å². The molecule has 0 saturated heterocycles. The largest absolute Gasteiger partial charge is 1.00 e. The summed E-state index contributed by atoms with van der Waals surface area (Å²) >= 11 is 0. The van der Waals surface area contributed by atoms with E-state index >= 15 is 0 Å². The van der Waals surface area contributed by atoms with E-state index in [0.717, 1.165) is 38.5 Å². The summed E-state index contributed by atoms with van der Waals surface area (Å²) < 4.78 is 33.1. The van der Waals surface area contributed by atoms with Gasteiger partial charge >= 0.3 is 51.4 Å². The molecule has 0 aromatic rings. The number of aliphatic hydroxyl groups is 1. The Hall–Kier alpha value is 1.51. The van der Waals surface area contributed by atoms with E-state index in [1.54, 1.807) is 6.92 Å². The molecule has 0 radical (unpaired) electrons. The Kier molecular flexibility index (Phi) is 26.6. The first-order valence-corrected chi connectivity index (χ1v) is 14.0. The molecule has 2 unspecified atom stereocenters. The summed E-state index contributed by atoms with van der Waals surface area (Å²) in [6.45, 7) is 3.91. The quantitative estimate of drug-likeness (QED) is 0.146. The molecule has 0 saturated carbocycles. The van der Waals surface area contributed by atoms with Gasteiger partial charge < -0.3 is 9.66 Å². The molecule has 0 aliphatic heterocycles. The summed E-state index contributed by atoms with van der Waals surface area (Å²) in [7, 11) is -4.10. The molecule has 6 heteroatoms. The Morgan fingerprint density at radius 3 is 1.27 bits per heavy atom. The molecule has 176 valence electrons. The van der Waals surface area contributed by atoms with Crippen LogP contribution in [0, 0.1) is 0 Å². The van der Waals surface area contributed by atoms with Crippen LogP contribution in [0.25, 0.3) is 0 Å². The maximum atomic E-state index is 11.0. The maximum Gasteiger partial charge on any atom is 1.00 e. The summed E-state index contributed by atoms with van der Waals surface area (Å²) in [6, 6.07) is 0. The van der Waals surface area contributed by atoms with Crippen LogP contribution in [0.4, 0.5) is 0 Å². The molecule has 30 heavy (non-hydrogen) atoms. The Labute approximate surface area is 230 Å². The van der Waals surface area contributed by atoms with E-state index in [1.165, 1.54) is 77.0 Å². The van der Waals surface area contributed by atoms with E-state index in [9.17, 15) is 18.1 Å². The molecule has 0 rings (SSSR count). The molecule has 0 aliphatic rings. The predicted molar refractivity (Wildman–Crippen MR) is 123 cm³/mol. The summed E-state index contributed by atoms with van der Waals surface area (Å²) in [4.78, 5) is 0. The van der Waals surface area contributed by atoms with Gasteiger partial charge in [0.25, 0.3) is 0 Å². The van der Waals surface area contributed by atoms with Crippen LogP contribution in [-0.4, -0.2) is 29.4 Å². The van der Waals surface area contributed by atoms with Gasteiger partial charge in [0, 0.05) is 5.25 Å². The smallest absolute Gasteiger partial charge is 0.748 e. The SMILES string of the molecule is CCCC(O)CCCCCCCCCCCCCCCCCC(CC)S(=O)(=O)[O-].[K+]. The zero-order chi connectivity index (χ0) is 21.8. The third-order valence-electron chi connectivity index (χ3n) is 6.05. The molecule has 0 fully saturated rings. The van der Waals surface area contributed by atoms with Crippen molar-refractivity contribution in [2.24, 2.45) is 0 Å². The maximum absolute atomic E-state index is 11.0. The Balaban J connectivity index is 0. The Bertz CT molecular complexity index is 442. The van der Waals surface area contributed by atoms with Crippen LogP contribution < -0.4 is 51.4 Å². The van der Waals surface area contributed by atoms with Gasteiger partial charge in [-0.1, -0.05) is 117 Å². The summed E-state index contributed by atoms with van der Waals surface area (Å²) in [5.41, 5.74) is 0. The number of unbranched alkanes of at least 4 members (excludes halogenated alkanes) is 14. The van der Waals surface area contributed by atoms with E-state index in [2.05, 4.69) is 6.92 Å². The van der Waals surface area contributed by atoms with Crippen molar-refractivity contribution in [1.29, 1.82) is 0 Å². The second-order valence-corrected chi connectivity index (χ2v) is 10.5. The fourth-order valence-corrected chi connectivity index (χ4v) is 4.94. The number of hydrogen-bond acceptors (Lipinski definition) is 4. The minimum Gasteiger partial charge on any atom is -0.748 e. The van der Waals surface area contributed by atoms with E-state index in [4.69, 9.17) is 0 Å². The Morgan fingerprint density at radius 2 is 0.967 bits per heavy atom. The molecule has 0 spiro atoms. The van der Waals surface area contributed by atoms with E-state index in [-0.39, 0.29) is 57.5 Å². The molecule has 0 amide bonds. The first-order chi connectivity index (χ1) is 13.9. The zero-order valence-electron chi connectivity index (χ0n) is 20.4. The van der Waals surface area contributed by atoms with Gasteiger partial charge in [0.15, 0.2) is 0 Å². The van der Waals surface area contributed by atoms with E-state index in [0.29, 0.717) is 12.8 Å². The second-order valence-electron chi connectivity index (χ2n) is 8.85. The summed E-state index contributed by atoms with van der Waals surface area (Å²) in [6.07, 6.45) is 22.7. The van der Waals surface area contributed by atoms with Crippen LogP contribution in [0.3, 0.4) is 0 Å². The first-order valence-electron chi connectivity index (χ1n) is 12.5. The van der Waals surface area contributed by atoms with Gasteiger partial charge in [-0.2, -0.15) is 0 Å². The van der Waals surface area contributed by atoms with Gasteiger partial charge in [-0.25, -0.2) is 8.42 Å². The van der Waals surface area contributed by atoms with Crippen molar-refractivity contribution in [3.8, 4) is 0 Å². The van der Waals surface area contributed by atoms with Crippen LogP contribution in [0.15, 0.2) is 0 Å². The minimum absolute atomic E-state index is 0. The fourth-order valence-electron chi connectivity index (χ4n) is 4.08. The molecule has 0 bridgehead atoms. The number of rotatable bonds is 22. The number of hydrogen-bond donors (Lipinski definition) is 1. The molecule has 2 atom stereocenters. The van der Waals surface area contributed by atoms with Gasteiger partial charge in [-0.3, -0.25) is 0 Å². The first kappa shape index (κ1) is 33.7. The van der Waals surface area contributed by atoms with Crippen LogP contribution in [0.2, 0.25) is 0 Å². The summed E-state index contributed by atoms with van der Waals surface area (Å²) in [5.74, 6) is 0. The molecule has 0 aromatic carbocycles. The molecular weight excluding hydrogens is 423 g/mol. The van der Waals surface area contributed by atoms with Gasteiger partial charge in [0.1, 0.15) is 0 Å². The Morgan fingerprint density at radius 1 is 0.633 bits per heavy atom. The molecule has 0 aromatic heterocycles. The van der Waals surface area contributed by atoms with Gasteiger partial charge in [-0.05, 0) is 25.7 Å². The third kappa shape index (κ3) is 22.7. The van der Waals surface area contributed by atoms with Crippen molar-refractivity contribution < 1.29 is 69.5 Å². The topological polar surface area (TPSA) is 77.4 Å². The van der Waals surface area contributed by atoms with Crippen molar-refractivity contribution in [3.05, 3.63) is 0 Å². The molecule has 1 N–H and O–H groups in total. The predicted octanol–water partition coefficient (Wildman–Crippen LogP) is 4.11. The van der Waals surface area contributed by atoms with Crippen molar-refractivity contribution in [1.82, 2.24) is 0 Å². The molecular formula is C24H49KO4S. The monoisotopic (exact) mass is 472 g/mol. The zero-order valence-corrected chi connectivity index (χ0v) is 24.3. The average Bonchev–Trinajstić information content (AvgIpc) is 2.66. The van der Waals surface area contributed by atoms with Crippen LogP contribution >= 0.6 is 0 Å².